The van der Waals surface area contributed by atoms with Gasteiger partial charge in [0.05, 0.1) is 31.6 Å². The largest absolute Gasteiger partial charge is 0.496 e. The highest BCUT2D eigenvalue weighted by Crippen LogP contribution is 2.31. The van der Waals surface area contributed by atoms with Crippen molar-refractivity contribution in [3.63, 3.8) is 0 Å². The van der Waals surface area contributed by atoms with Crippen LogP contribution in [0.15, 0.2) is 23.4 Å². The van der Waals surface area contributed by atoms with Crippen LogP contribution in [0.25, 0.3) is 11.4 Å². The summed E-state index contributed by atoms with van der Waals surface area (Å²) in [4.78, 5) is 18.3. The number of carbonyl (C=O) groups excluding carboxylic acids is 1. The van der Waals surface area contributed by atoms with E-state index in [1.165, 1.54) is 11.8 Å². The van der Waals surface area contributed by atoms with E-state index in [4.69, 9.17) is 21.1 Å². The number of aromatic nitrogens is 3. The van der Waals surface area contributed by atoms with Gasteiger partial charge in [0.25, 0.3) is 0 Å². The van der Waals surface area contributed by atoms with Crippen molar-refractivity contribution >= 4 is 29.3 Å². The minimum absolute atomic E-state index is 0.0648. The molecule has 1 fully saturated rings. The Bertz CT molecular complexity index is 718. The zero-order valence-electron chi connectivity index (χ0n) is 13.1. The number of methoxy groups -OCH3 is 1. The van der Waals surface area contributed by atoms with Gasteiger partial charge in [-0.2, -0.15) is 0 Å². The topological polar surface area (TPSA) is 80.3 Å². The summed E-state index contributed by atoms with van der Waals surface area (Å²) in [6.07, 6.45) is 0. The Hall–Kier alpha value is -1.77. The first-order chi connectivity index (χ1) is 11.7. The molecule has 1 N–H and O–H groups in total. The predicted molar refractivity (Wildman–Crippen MR) is 91.5 cm³/mol. The molecule has 1 saturated heterocycles. The molecule has 0 atom stereocenters. The lowest BCUT2D eigenvalue weighted by atomic mass is 10.2. The van der Waals surface area contributed by atoms with Crippen molar-refractivity contribution in [2.75, 3.05) is 39.2 Å². The Morgan fingerprint density at radius 2 is 2.25 bits per heavy atom. The summed E-state index contributed by atoms with van der Waals surface area (Å²) in [6.45, 7) is 2.46. The van der Waals surface area contributed by atoms with Gasteiger partial charge >= 0.3 is 0 Å². The molecule has 3 rings (SSSR count). The third-order valence-electron chi connectivity index (χ3n) is 3.57. The highest BCUT2D eigenvalue weighted by Gasteiger charge is 2.18. The second kappa shape index (κ2) is 7.87. The van der Waals surface area contributed by atoms with Gasteiger partial charge in [0.1, 0.15) is 5.75 Å². The maximum atomic E-state index is 12.1. The number of nitrogens with zero attached hydrogens (tertiary/aromatic N) is 3. The van der Waals surface area contributed by atoms with Crippen molar-refractivity contribution in [3.8, 4) is 17.1 Å². The van der Waals surface area contributed by atoms with Crippen LogP contribution < -0.4 is 4.74 Å². The van der Waals surface area contributed by atoms with E-state index in [1.54, 1.807) is 30.2 Å². The van der Waals surface area contributed by atoms with Gasteiger partial charge in [-0.25, -0.2) is 4.98 Å². The first kappa shape index (κ1) is 17.1. The van der Waals surface area contributed by atoms with Crippen LogP contribution >= 0.6 is 23.4 Å². The predicted octanol–water partition coefficient (Wildman–Crippen LogP) is 2.08. The number of thioether (sulfide) groups is 1. The zero-order chi connectivity index (χ0) is 16.9. The molecule has 0 aliphatic carbocycles. The van der Waals surface area contributed by atoms with Crippen molar-refractivity contribution in [1.29, 1.82) is 0 Å². The zero-order valence-corrected chi connectivity index (χ0v) is 14.7. The number of benzene rings is 1. The Balaban J connectivity index is 1.65. The lowest BCUT2D eigenvalue weighted by molar-refractivity contribution is -0.132. The Morgan fingerprint density at radius 1 is 1.46 bits per heavy atom. The maximum Gasteiger partial charge on any atom is 0.233 e. The molecule has 0 bridgehead atoms. The molecule has 0 radical (unpaired) electrons. The van der Waals surface area contributed by atoms with Crippen LogP contribution in [-0.4, -0.2) is 65.2 Å². The lowest BCUT2D eigenvalue weighted by Crippen LogP contribution is -2.41. The van der Waals surface area contributed by atoms with Crippen LogP contribution in [0, 0.1) is 0 Å². The minimum atomic E-state index is 0.0648. The molecule has 1 aromatic heterocycles. The summed E-state index contributed by atoms with van der Waals surface area (Å²) in [7, 11) is 1.58. The standard InChI is InChI=1S/C15H17ClN4O3S/c1-22-12-3-2-10(16)8-11(12)14-17-15(19-18-14)24-9-13(21)20-4-6-23-7-5-20/h2-3,8H,4-7,9H2,1H3,(H,17,18,19). The fourth-order valence-corrected chi connectivity index (χ4v) is 3.20. The average Bonchev–Trinajstić information content (AvgIpc) is 3.09. The number of carbonyl (C=O) groups is 1. The first-order valence-corrected chi connectivity index (χ1v) is 8.78. The van der Waals surface area contributed by atoms with E-state index in [0.717, 1.165) is 5.56 Å². The molecule has 0 unspecified atom stereocenters. The quantitative estimate of drug-likeness (QED) is 0.814. The molecule has 24 heavy (non-hydrogen) atoms. The van der Waals surface area contributed by atoms with Gasteiger partial charge in [-0.05, 0) is 18.2 Å². The molecule has 1 aliphatic heterocycles. The number of aromatic amines is 1. The first-order valence-electron chi connectivity index (χ1n) is 7.42. The number of hydrogen-bond donors (Lipinski definition) is 1. The number of ether oxygens (including phenoxy) is 2. The second-order valence-electron chi connectivity index (χ2n) is 5.09. The molecule has 1 aliphatic rings. The van der Waals surface area contributed by atoms with Crippen molar-refractivity contribution in [3.05, 3.63) is 23.2 Å². The van der Waals surface area contributed by atoms with E-state index in [-0.39, 0.29) is 5.91 Å². The number of halogens is 1. The van der Waals surface area contributed by atoms with Crippen LogP contribution in [0.5, 0.6) is 5.75 Å². The summed E-state index contributed by atoms with van der Waals surface area (Å²) in [6, 6.07) is 5.28. The fraction of sp³-hybridized carbons (Fsp3) is 0.400. The van der Waals surface area contributed by atoms with E-state index in [0.29, 0.717) is 53.8 Å². The number of morpholine rings is 1. The molecular formula is C15H17ClN4O3S. The van der Waals surface area contributed by atoms with Crippen molar-refractivity contribution in [2.45, 2.75) is 5.16 Å². The Morgan fingerprint density at radius 3 is 3.00 bits per heavy atom. The highest BCUT2D eigenvalue weighted by atomic mass is 35.5. The SMILES string of the molecule is COc1ccc(Cl)cc1-c1nc(SCC(=O)N2CCOCC2)n[nH]1. The number of amides is 1. The summed E-state index contributed by atoms with van der Waals surface area (Å²) < 4.78 is 10.6. The third-order valence-corrected chi connectivity index (χ3v) is 4.64. The van der Waals surface area contributed by atoms with Gasteiger partial charge < -0.3 is 14.4 Å². The second-order valence-corrected chi connectivity index (χ2v) is 6.47. The van der Waals surface area contributed by atoms with E-state index in [2.05, 4.69) is 15.2 Å². The van der Waals surface area contributed by atoms with Gasteiger partial charge in [-0.3, -0.25) is 9.89 Å². The van der Waals surface area contributed by atoms with Crippen molar-refractivity contribution in [1.82, 2.24) is 20.1 Å². The maximum absolute atomic E-state index is 12.1. The molecule has 1 amide bonds. The third kappa shape index (κ3) is 4.00. The summed E-state index contributed by atoms with van der Waals surface area (Å²) in [5.74, 6) is 1.56. The molecule has 9 heteroatoms. The van der Waals surface area contributed by atoms with Crippen molar-refractivity contribution < 1.29 is 14.3 Å². The highest BCUT2D eigenvalue weighted by molar-refractivity contribution is 7.99. The number of nitrogens with one attached hydrogen (secondary N) is 1. The number of H-pyrrole nitrogens is 1. The normalized spacial score (nSPS) is 14.7. The summed E-state index contributed by atoms with van der Waals surface area (Å²) >= 11 is 7.33. The van der Waals surface area contributed by atoms with E-state index < -0.39 is 0 Å². The molecule has 2 heterocycles. The van der Waals surface area contributed by atoms with Crippen LogP contribution in [-0.2, 0) is 9.53 Å². The van der Waals surface area contributed by atoms with E-state index in [9.17, 15) is 4.79 Å². The van der Waals surface area contributed by atoms with E-state index in [1.807, 2.05) is 0 Å². The average molecular weight is 369 g/mol. The van der Waals surface area contributed by atoms with Gasteiger partial charge in [0.2, 0.25) is 11.1 Å². The molecule has 0 spiro atoms. The van der Waals surface area contributed by atoms with Crippen LogP contribution in [0.2, 0.25) is 5.02 Å². The smallest absolute Gasteiger partial charge is 0.233 e. The monoisotopic (exact) mass is 368 g/mol. The molecule has 7 nitrogen and oxygen atoms in total. The van der Waals surface area contributed by atoms with Crippen LogP contribution in [0.1, 0.15) is 0 Å². The fourth-order valence-electron chi connectivity index (χ4n) is 2.33. The van der Waals surface area contributed by atoms with Gasteiger partial charge in [0, 0.05) is 18.1 Å². The molecule has 1 aromatic carbocycles. The molecule has 0 saturated carbocycles. The minimum Gasteiger partial charge on any atom is -0.496 e. The van der Waals surface area contributed by atoms with Gasteiger partial charge in [-0.1, -0.05) is 23.4 Å². The summed E-state index contributed by atoms with van der Waals surface area (Å²) in [5, 5.41) is 8.10. The molecular weight excluding hydrogens is 352 g/mol. The lowest BCUT2D eigenvalue weighted by Gasteiger charge is -2.26. The van der Waals surface area contributed by atoms with Crippen LogP contribution in [0.3, 0.4) is 0 Å². The summed E-state index contributed by atoms with van der Waals surface area (Å²) in [5.41, 5.74) is 0.726. The number of rotatable bonds is 5. The van der Waals surface area contributed by atoms with Gasteiger partial charge in [0.15, 0.2) is 5.82 Å². The molecule has 128 valence electrons. The Kier molecular flexibility index (Phi) is 5.60. The number of hydrogen-bond acceptors (Lipinski definition) is 6. The van der Waals surface area contributed by atoms with Crippen molar-refractivity contribution in [2.24, 2.45) is 0 Å². The Labute approximate surface area is 148 Å². The molecule has 2 aromatic rings. The van der Waals surface area contributed by atoms with Crippen LogP contribution in [0.4, 0.5) is 0 Å². The van der Waals surface area contributed by atoms with Gasteiger partial charge in [-0.15, -0.1) is 5.10 Å². The van der Waals surface area contributed by atoms with E-state index >= 15 is 0 Å².